The van der Waals surface area contributed by atoms with Crippen LogP contribution in [0.15, 0.2) is 54.7 Å². The third-order valence-corrected chi connectivity index (χ3v) is 5.08. The van der Waals surface area contributed by atoms with E-state index in [-0.39, 0.29) is 6.04 Å². The monoisotopic (exact) mass is 379 g/mol. The molecular formula is C22H25N3O3. The fourth-order valence-corrected chi connectivity index (χ4v) is 3.49. The fourth-order valence-electron chi connectivity index (χ4n) is 3.49. The van der Waals surface area contributed by atoms with Gasteiger partial charge in [-0.05, 0) is 29.8 Å². The average Bonchev–Trinajstić information content (AvgIpc) is 3.25. The van der Waals surface area contributed by atoms with Crippen LogP contribution in [0.3, 0.4) is 0 Å². The molecule has 0 amide bonds. The molecule has 146 valence electrons. The third-order valence-electron chi connectivity index (χ3n) is 5.08. The highest BCUT2D eigenvalue weighted by molar-refractivity contribution is 5.60. The standard InChI is InChI=1S/C22H25N3O3/c1-26-18-8-6-16(7-9-18)14-25-10-11-28-15-21(25)22-23-13-20(24-22)17-4-3-5-19(12-17)27-2/h3-9,12-13,21H,10-11,14-15H2,1-2H3,(H,23,24)/t21-/m0/s1. The average molecular weight is 379 g/mol. The van der Waals surface area contributed by atoms with E-state index in [1.807, 2.05) is 42.6 Å². The molecule has 3 aromatic rings. The Balaban J connectivity index is 1.53. The molecule has 2 heterocycles. The number of aromatic amines is 1. The molecule has 0 bridgehead atoms. The molecule has 1 aromatic heterocycles. The van der Waals surface area contributed by atoms with Crippen molar-refractivity contribution in [1.82, 2.24) is 14.9 Å². The first kappa shape index (κ1) is 18.5. The summed E-state index contributed by atoms with van der Waals surface area (Å²) >= 11 is 0. The quantitative estimate of drug-likeness (QED) is 0.708. The fraction of sp³-hybridized carbons (Fsp3) is 0.318. The van der Waals surface area contributed by atoms with Crippen molar-refractivity contribution in [2.24, 2.45) is 0 Å². The van der Waals surface area contributed by atoms with Crippen molar-refractivity contribution < 1.29 is 14.2 Å². The van der Waals surface area contributed by atoms with Crippen LogP contribution < -0.4 is 9.47 Å². The van der Waals surface area contributed by atoms with E-state index in [0.29, 0.717) is 6.61 Å². The summed E-state index contributed by atoms with van der Waals surface area (Å²) in [5, 5.41) is 0. The molecule has 0 aliphatic carbocycles. The number of rotatable bonds is 6. The Bertz CT molecular complexity index is 907. The number of nitrogens with zero attached hydrogens (tertiary/aromatic N) is 2. The van der Waals surface area contributed by atoms with E-state index < -0.39 is 0 Å². The summed E-state index contributed by atoms with van der Waals surface area (Å²) < 4.78 is 16.3. The van der Waals surface area contributed by atoms with Gasteiger partial charge in [0.15, 0.2) is 0 Å². The van der Waals surface area contributed by atoms with Crippen LogP contribution >= 0.6 is 0 Å². The van der Waals surface area contributed by atoms with E-state index in [1.165, 1.54) is 5.56 Å². The van der Waals surface area contributed by atoms with Gasteiger partial charge in [-0.1, -0.05) is 24.3 Å². The van der Waals surface area contributed by atoms with E-state index in [2.05, 4.69) is 27.0 Å². The number of morpholine rings is 1. The van der Waals surface area contributed by atoms with Gasteiger partial charge in [0, 0.05) is 18.7 Å². The SMILES string of the molecule is COc1ccc(CN2CCOC[C@H]2c2ncc(-c3cccc(OC)c3)[nH]2)cc1. The van der Waals surface area contributed by atoms with Crippen molar-refractivity contribution in [3.8, 4) is 22.8 Å². The Labute approximate surface area is 165 Å². The number of hydrogen-bond acceptors (Lipinski definition) is 5. The lowest BCUT2D eigenvalue weighted by Gasteiger charge is -2.34. The van der Waals surface area contributed by atoms with E-state index in [9.17, 15) is 0 Å². The van der Waals surface area contributed by atoms with Crippen LogP contribution in [0.1, 0.15) is 17.4 Å². The largest absolute Gasteiger partial charge is 0.497 e. The van der Waals surface area contributed by atoms with Crippen LogP contribution in [-0.4, -0.2) is 48.8 Å². The maximum atomic E-state index is 5.75. The van der Waals surface area contributed by atoms with Gasteiger partial charge in [-0.15, -0.1) is 0 Å². The van der Waals surface area contributed by atoms with E-state index in [4.69, 9.17) is 14.2 Å². The molecule has 0 radical (unpaired) electrons. The molecule has 0 spiro atoms. The molecule has 0 saturated carbocycles. The summed E-state index contributed by atoms with van der Waals surface area (Å²) in [6, 6.07) is 16.3. The Morgan fingerprint density at radius 2 is 1.93 bits per heavy atom. The Hall–Kier alpha value is -2.83. The molecule has 28 heavy (non-hydrogen) atoms. The second-order valence-electron chi connectivity index (χ2n) is 6.82. The minimum atomic E-state index is 0.0928. The van der Waals surface area contributed by atoms with Crippen molar-refractivity contribution in [2.45, 2.75) is 12.6 Å². The Morgan fingerprint density at radius 1 is 1.11 bits per heavy atom. The van der Waals surface area contributed by atoms with Gasteiger partial charge in [0.05, 0.1) is 45.4 Å². The van der Waals surface area contributed by atoms with Crippen molar-refractivity contribution in [2.75, 3.05) is 34.0 Å². The Kier molecular flexibility index (Phi) is 5.60. The summed E-state index contributed by atoms with van der Waals surface area (Å²) in [7, 11) is 3.36. The molecule has 6 heteroatoms. The predicted octanol–water partition coefficient (Wildman–Crippen LogP) is 3.67. The van der Waals surface area contributed by atoms with Crippen molar-refractivity contribution >= 4 is 0 Å². The molecule has 2 aromatic carbocycles. The molecule has 6 nitrogen and oxygen atoms in total. The topological polar surface area (TPSA) is 59.6 Å². The van der Waals surface area contributed by atoms with Crippen molar-refractivity contribution in [3.63, 3.8) is 0 Å². The normalized spacial score (nSPS) is 17.4. The van der Waals surface area contributed by atoms with Gasteiger partial charge in [-0.3, -0.25) is 4.90 Å². The van der Waals surface area contributed by atoms with Gasteiger partial charge < -0.3 is 19.2 Å². The number of nitrogens with one attached hydrogen (secondary N) is 1. The zero-order valence-corrected chi connectivity index (χ0v) is 16.2. The predicted molar refractivity (Wildman–Crippen MR) is 108 cm³/mol. The molecule has 1 saturated heterocycles. The molecule has 1 atom stereocenters. The van der Waals surface area contributed by atoms with Gasteiger partial charge in [-0.25, -0.2) is 4.98 Å². The van der Waals surface area contributed by atoms with Gasteiger partial charge >= 0.3 is 0 Å². The molecule has 1 aliphatic heterocycles. The second-order valence-corrected chi connectivity index (χ2v) is 6.82. The van der Waals surface area contributed by atoms with E-state index in [1.54, 1.807) is 14.2 Å². The lowest BCUT2D eigenvalue weighted by atomic mass is 10.1. The summed E-state index contributed by atoms with van der Waals surface area (Å²) in [6.45, 7) is 3.07. The second kappa shape index (κ2) is 8.46. The van der Waals surface area contributed by atoms with Crippen LogP contribution in [0, 0.1) is 0 Å². The zero-order chi connectivity index (χ0) is 19.3. The number of imidazole rings is 1. The lowest BCUT2D eigenvalue weighted by molar-refractivity contribution is -0.0156. The molecule has 1 fully saturated rings. The summed E-state index contributed by atoms with van der Waals surface area (Å²) in [5.41, 5.74) is 3.27. The first-order valence-corrected chi connectivity index (χ1v) is 9.41. The highest BCUT2D eigenvalue weighted by Gasteiger charge is 2.27. The van der Waals surface area contributed by atoms with Crippen LogP contribution in [0.5, 0.6) is 11.5 Å². The van der Waals surface area contributed by atoms with Crippen LogP contribution in [-0.2, 0) is 11.3 Å². The molecule has 1 aliphatic rings. The summed E-state index contributed by atoms with van der Waals surface area (Å²) in [6.07, 6.45) is 1.88. The van der Waals surface area contributed by atoms with Gasteiger partial charge in [0.25, 0.3) is 0 Å². The smallest absolute Gasteiger partial charge is 0.126 e. The maximum absolute atomic E-state index is 5.75. The molecule has 0 unspecified atom stereocenters. The van der Waals surface area contributed by atoms with Crippen molar-refractivity contribution in [3.05, 3.63) is 66.1 Å². The van der Waals surface area contributed by atoms with Crippen LogP contribution in [0.25, 0.3) is 11.3 Å². The maximum Gasteiger partial charge on any atom is 0.126 e. The van der Waals surface area contributed by atoms with E-state index in [0.717, 1.165) is 48.3 Å². The first-order valence-electron chi connectivity index (χ1n) is 9.41. The molecule has 1 N–H and O–H groups in total. The summed E-state index contributed by atoms with van der Waals surface area (Å²) in [4.78, 5) is 10.5. The zero-order valence-electron chi connectivity index (χ0n) is 16.2. The lowest BCUT2D eigenvalue weighted by Crippen LogP contribution is -2.39. The van der Waals surface area contributed by atoms with Gasteiger partial charge in [0.2, 0.25) is 0 Å². The highest BCUT2D eigenvalue weighted by atomic mass is 16.5. The van der Waals surface area contributed by atoms with E-state index >= 15 is 0 Å². The van der Waals surface area contributed by atoms with Crippen LogP contribution in [0.2, 0.25) is 0 Å². The number of hydrogen-bond donors (Lipinski definition) is 1. The summed E-state index contributed by atoms with van der Waals surface area (Å²) in [5.74, 6) is 2.62. The number of methoxy groups -OCH3 is 2. The van der Waals surface area contributed by atoms with Gasteiger partial charge in [0.1, 0.15) is 17.3 Å². The minimum Gasteiger partial charge on any atom is -0.497 e. The van der Waals surface area contributed by atoms with Crippen LogP contribution in [0.4, 0.5) is 0 Å². The number of benzene rings is 2. The number of aromatic nitrogens is 2. The Morgan fingerprint density at radius 3 is 2.71 bits per heavy atom. The van der Waals surface area contributed by atoms with Crippen molar-refractivity contribution in [1.29, 1.82) is 0 Å². The minimum absolute atomic E-state index is 0.0928. The van der Waals surface area contributed by atoms with Gasteiger partial charge in [-0.2, -0.15) is 0 Å². The first-order chi connectivity index (χ1) is 13.8. The third kappa shape index (κ3) is 4.03. The molecule has 4 rings (SSSR count). The molecular weight excluding hydrogens is 354 g/mol. The number of ether oxygens (including phenoxy) is 3. The number of H-pyrrole nitrogens is 1. The highest BCUT2D eigenvalue weighted by Crippen LogP contribution is 2.28.